The van der Waals surface area contributed by atoms with Gasteiger partial charge in [0.25, 0.3) is 0 Å². The summed E-state index contributed by atoms with van der Waals surface area (Å²) in [5.74, 6) is -0.153. The Kier molecular flexibility index (Phi) is 12.9. The molecule has 7 heteroatoms. The van der Waals surface area contributed by atoms with Crippen LogP contribution in [0.4, 0.5) is 0 Å². The van der Waals surface area contributed by atoms with Gasteiger partial charge in [0.05, 0.1) is 0 Å². The molecule has 0 atom stereocenters. The van der Waals surface area contributed by atoms with Crippen LogP contribution < -0.4 is 56.4 Å². The van der Waals surface area contributed by atoms with E-state index in [1.807, 2.05) is 0 Å². The van der Waals surface area contributed by atoms with Crippen molar-refractivity contribution in [3.8, 4) is 11.5 Å². The predicted molar refractivity (Wildman–Crippen MR) is 49.5 cm³/mol. The minimum Gasteiger partial charge on any atom is -0.832 e. The third-order valence-electron chi connectivity index (χ3n) is 1.27. The molecule has 0 aliphatic heterocycles. The standard InChI is InChI=1S/C6H6O2.C2H6BO3.K/c7-5-3-1-2-4-6(5)8;1-5-3(4)6-2;/h1-4,7-8H;1-2H3;/q;-1;+1. The molecule has 0 aromatic heterocycles. The largest absolute Gasteiger partial charge is 1.00 e. The van der Waals surface area contributed by atoms with Gasteiger partial charge in [-0.3, -0.25) is 0 Å². The third-order valence-corrected chi connectivity index (χ3v) is 1.27. The van der Waals surface area contributed by atoms with Crippen molar-refractivity contribution in [2.75, 3.05) is 14.2 Å². The van der Waals surface area contributed by atoms with Crippen LogP contribution in [0.3, 0.4) is 0 Å². The minimum atomic E-state index is -1.31. The number of aromatic hydroxyl groups is 2. The van der Waals surface area contributed by atoms with Crippen LogP contribution in [-0.4, -0.2) is 31.8 Å². The van der Waals surface area contributed by atoms with Crippen LogP contribution in [-0.2, 0) is 9.31 Å². The maximum Gasteiger partial charge on any atom is 1.00 e. The molecule has 0 saturated carbocycles. The molecular formula is C8H12BKO5. The summed E-state index contributed by atoms with van der Waals surface area (Å²) < 4.78 is 8.24. The number of para-hydroxylation sites is 2. The Hall–Kier alpha value is 0.401. The van der Waals surface area contributed by atoms with Crippen molar-refractivity contribution in [3.05, 3.63) is 24.3 Å². The van der Waals surface area contributed by atoms with Crippen molar-refractivity contribution in [2.24, 2.45) is 0 Å². The summed E-state index contributed by atoms with van der Waals surface area (Å²) in [6, 6.07) is 6.15. The first-order chi connectivity index (χ1) is 6.61. The first-order valence-corrected chi connectivity index (χ1v) is 3.80. The summed E-state index contributed by atoms with van der Waals surface area (Å²) in [6.45, 7) is 0. The molecule has 0 spiro atoms. The van der Waals surface area contributed by atoms with Gasteiger partial charge in [-0.2, -0.15) is 0 Å². The first kappa shape index (κ1) is 17.8. The minimum absolute atomic E-state index is 0. The molecule has 0 amide bonds. The van der Waals surface area contributed by atoms with Gasteiger partial charge in [-0.25, -0.2) is 0 Å². The number of benzene rings is 1. The molecule has 0 aliphatic carbocycles. The van der Waals surface area contributed by atoms with Crippen LogP contribution in [0.15, 0.2) is 24.3 Å². The molecule has 1 rings (SSSR count). The normalized spacial score (nSPS) is 8.20. The summed E-state index contributed by atoms with van der Waals surface area (Å²) in [6.07, 6.45) is 0. The fourth-order valence-electron chi connectivity index (χ4n) is 0.560. The van der Waals surface area contributed by atoms with E-state index in [0.717, 1.165) is 0 Å². The van der Waals surface area contributed by atoms with E-state index in [1.165, 1.54) is 26.4 Å². The third kappa shape index (κ3) is 9.34. The fraction of sp³-hybridized carbons (Fsp3) is 0.250. The number of phenolic OH excluding ortho intramolecular Hbond substituents is 2. The van der Waals surface area contributed by atoms with Crippen molar-refractivity contribution in [1.82, 2.24) is 0 Å². The summed E-state index contributed by atoms with van der Waals surface area (Å²) in [5, 5.41) is 27.2. The number of rotatable bonds is 2. The average molecular weight is 238 g/mol. The molecule has 2 N–H and O–H groups in total. The molecule has 0 aliphatic rings. The van der Waals surface area contributed by atoms with Crippen LogP contribution in [0.5, 0.6) is 11.5 Å². The summed E-state index contributed by atoms with van der Waals surface area (Å²) >= 11 is 0. The van der Waals surface area contributed by atoms with E-state index < -0.39 is 7.32 Å². The molecule has 0 unspecified atom stereocenters. The Morgan fingerprint density at radius 2 is 1.40 bits per heavy atom. The number of hydrogen-bond acceptors (Lipinski definition) is 5. The van der Waals surface area contributed by atoms with Crippen molar-refractivity contribution in [1.29, 1.82) is 0 Å². The van der Waals surface area contributed by atoms with Crippen molar-refractivity contribution < 1.29 is 75.9 Å². The SMILES string of the molecule is COB([O-])OC.Oc1ccccc1O.[K+]. The van der Waals surface area contributed by atoms with Gasteiger partial charge in [-0.1, -0.05) is 12.1 Å². The van der Waals surface area contributed by atoms with Crippen molar-refractivity contribution >= 4 is 7.32 Å². The van der Waals surface area contributed by atoms with Gasteiger partial charge in [0.15, 0.2) is 11.5 Å². The van der Waals surface area contributed by atoms with Crippen molar-refractivity contribution in [3.63, 3.8) is 0 Å². The zero-order chi connectivity index (χ0) is 11.0. The van der Waals surface area contributed by atoms with Crippen LogP contribution >= 0.6 is 0 Å². The monoisotopic (exact) mass is 238 g/mol. The van der Waals surface area contributed by atoms with E-state index >= 15 is 0 Å². The van der Waals surface area contributed by atoms with Crippen LogP contribution in [0, 0.1) is 0 Å². The van der Waals surface area contributed by atoms with Gasteiger partial charge in [0, 0.05) is 14.2 Å². The Morgan fingerprint density at radius 3 is 1.53 bits per heavy atom. The molecule has 1 aromatic rings. The molecular weight excluding hydrogens is 226 g/mol. The Labute approximate surface area is 132 Å². The molecule has 15 heavy (non-hydrogen) atoms. The maximum absolute atomic E-state index is 9.82. The Morgan fingerprint density at radius 1 is 1.07 bits per heavy atom. The van der Waals surface area contributed by atoms with Gasteiger partial charge in [0.2, 0.25) is 0 Å². The molecule has 0 heterocycles. The van der Waals surface area contributed by atoms with Gasteiger partial charge >= 0.3 is 58.7 Å². The average Bonchev–Trinajstić information content (AvgIpc) is 2.22. The zero-order valence-electron chi connectivity index (χ0n) is 9.01. The fourth-order valence-corrected chi connectivity index (χ4v) is 0.560. The summed E-state index contributed by atoms with van der Waals surface area (Å²) in [5.41, 5.74) is 0. The van der Waals surface area contributed by atoms with Gasteiger partial charge in [-0.05, 0) is 12.1 Å². The number of phenols is 2. The molecule has 0 bridgehead atoms. The quantitative estimate of drug-likeness (QED) is 0.417. The van der Waals surface area contributed by atoms with E-state index in [9.17, 15) is 5.02 Å². The second kappa shape index (κ2) is 10.9. The Balaban J connectivity index is 0. The first-order valence-electron chi connectivity index (χ1n) is 3.80. The van der Waals surface area contributed by atoms with Gasteiger partial charge < -0.3 is 24.5 Å². The zero-order valence-corrected chi connectivity index (χ0v) is 12.1. The molecule has 0 radical (unpaired) electrons. The van der Waals surface area contributed by atoms with E-state index in [2.05, 4.69) is 9.31 Å². The Bertz CT molecular complexity index is 236. The topological polar surface area (TPSA) is 82.0 Å². The van der Waals surface area contributed by atoms with Gasteiger partial charge in [-0.15, -0.1) is 0 Å². The van der Waals surface area contributed by atoms with Crippen LogP contribution in [0.1, 0.15) is 0 Å². The van der Waals surface area contributed by atoms with E-state index in [-0.39, 0.29) is 62.9 Å². The molecule has 0 saturated heterocycles. The van der Waals surface area contributed by atoms with E-state index in [4.69, 9.17) is 10.2 Å². The summed E-state index contributed by atoms with van der Waals surface area (Å²) in [7, 11) is 1.27. The van der Waals surface area contributed by atoms with E-state index in [0.29, 0.717) is 0 Å². The van der Waals surface area contributed by atoms with Gasteiger partial charge in [0.1, 0.15) is 0 Å². The maximum atomic E-state index is 9.82. The second-order valence-corrected chi connectivity index (χ2v) is 2.25. The molecule has 0 fully saturated rings. The van der Waals surface area contributed by atoms with Crippen molar-refractivity contribution in [2.45, 2.75) is 0 Å². The smallest absolute Gasteiger partial charge is 0.832 e. The molecule has 1 aromatic carbocycles. The summed E-state index contributed by atoms with van der Waals surface area (Å²) in [4.78, 5) is 0. The van der Waals surface area contributed by atoms with Crippen LogP contribution in [0.2, 0.25) is 0 Å². The van der Waals surface area contributed by atoms with E-state index in [1.54, 1.807) is 12.1 Å². The molecule has 5 nitrogen and oxygen atoms in total. The predicted octanol–water partition coefficient (Wildman–Crippen LogP) is -3.27. The second-order valence-electron chi connectivity index (χ2n) is 2.25. The number of hydrogen-bond donors (Lipinski definition) is 2. The van der Waals surface area contributed by atoms with Crippen LogP contribution in [0.25, 0.3) is 0 Å². The molecule has 78 valence electrons.